The molecule has 0 saturated carbocycles. The molecule has 8 heteroatoms. The molecule has 3 aromatic heterocycles. The second-order valence-electron chi connectivity index (χ2n) is 6.66. The van der Waals surface area contributed by atoms with E-state index in [2.05, 4.69) is 25.4 Å². The van der Waals surface area contributed by atoms with E-state index in [0.29, 0.717) is 13.0 Å². The molecule has 4 rings (SSSR count). The van der Waals surface area contributed by atoms with Gasteiger partial charge in [0.25, 0.3) is 17.4 Å². The standard InChI is InChI=1S/C20H20N6O2/c1-12-10-13(2)24-20(23-12)26-17(27)11-16(25-26)19(28)22-9-7-15-5-3-4-14-6-8-21-18(14)15/h3-6,8,10-11,21,25H,7,9H2,1-2H3,(H,22,28). The van der Waals surface area contributed by atoms with Crippen molar-refractivity contribution in [2.45, 2.75) is 20.3 Å². The Morgan fingerprint density at radius 2 is 1.93 bits per heavy atom. The Labute approximate surface area is 160 Å². The smallest absolute Gasteiger partial charge is 0.274 e. The molecule has 142 valence electrons. The van der Waals surface area contributed by atoms with Gasteiger partial charge in [0, 0.05) is 35.7 Å². The van der Waals surface area contributed by atoms with Gasteiger partial charge in [0.1, 0.15) is 5.69 Å². The first-order valence-electron chi connectivity index (χ1n) is 8.99. The molecule has 28 heavy (non-hydrogen) atoms. The number of carbonyl (C=O) groups excluding carboxylic acids is 1. The average molecular weight is 376 g/mol. The molecular weight excluding hydrogens is 356 g/mol. The summed E-state index contributed by atoms with van der Waals surface area (Å²) < 4.78 is 1.18. The number of nitrogens with zero attached hydrogens (tertiary/aromatic N) is 3. The van der Waals surface area contributed by atoms with Gasteiger partial charge in [0.15, 0.2) is 0 Å². The van der Waals surface area contributed by atoms with Gasteiger partial charge in [-0.25, -0.2) is 9.97 Å². The molecule has 0 fully saturated rings. The van der Waals surface area contributed by atoms with Crippen molar-refractivity contribution in [3.05, 3.63) is 75.6 Å². The third kappa shape index (κ3) is 3.44. The summed E-state index contributed by atoms with van der Waals surface area (Å²) in [6, 6.07) is 11.1. The fourth-order valence-corrected chi connectivity index (χ4v) is 3.23. The molecule has 4 aromatic rings. The zero-order valence-corrected chi connectivity index (χ0v) is 15.6. The van der Waals surface area contributed by atoms with E-state index in [1.54, 1.807) is 0 Å². The van der Waals surface area contributed by atoms with E-state index in [0.717, 1.165) is 27.9 Å². The van der Waals surface area contributed by atoms with Crippen molar-refractivity contribution in [2.24, 2.45) is 0 Å². The monoisotopic (exact) mass is 376 g/mol. The summed E-state index contributed by atoms with van der Waals surface area (Å²) >= 11 is 0. The van der Waals surface area contributed by atoms with E-state index in [1.165, 1.54) is 10.7 Å². The van der Waals surface area contributed by atoms with Crippen LogP contribution in [-0.2, 0) is 6.42 Å². The summed E-state index contributed by atoms with van der Waals surface area (Å²) in [6.45, 7) is 4.10. The van der Waals surface area contributed by atoms with Crippen molar-refractivity contribution in [3.8, 4) is 5.95 Å². The predicted molar refractivity (Wildman–Crippen MR) is 106 cm³/mol. The van der Waals surface area contributed by atoms with Crippen LogP contribution in [0.4, 0.5) is 0 Å². The Balaban J connectivity index is 1.47. The highest BCUT2D eigenvalue weighted by molar-refractivity contribution is 5.92. The third-order valence-corrected chi connectivity index (χ3v) is 4.49. The van der Waals surface area contributed by atoms with E-state index < -0.39 is 0 Å². The molecule has 0 aliphatic carbocycles. The molecule has 3 heterocycles. The Hall–Kier alpha value is -3.68. The van der Waals surface area contributed by atoms with Gasteiger partial charge in [-0.05, 0) is 43.4 Å². The molecule has 0 spiro atoms. The van der Waals surface area contributed by atoms with Crippen LogP contribution in [0, 0.1) is 13.8 Å². The lowest BCUT2D eigenvalue weighted by molar-refractivity contribution is 0.0948. The molecule has 1 amide bonds. The quantitative estimate of drug-likeness (QED) is 0.495. The number of nitrogens with one attached hydrogen (secondary N) is 3. The third-order valence-electron chi connectivity index (χ3n) is 4.49. The minimum Gasteiger partial charge on any atom is -0.361 e. The van der Waals surface area contributed by atoms with Gasteiger partial charge in [-0.15, -0.1) is 0 Å². The average Bonchev–Trinajstić information content (AvgIpc) is 3.28. The molecule has 0 aliphatic rings. The number of aromatic amines is 2. The van der Waals surface area contributed by atoms with Crippen LogP contribution in [0.15, 0.2) is 47.4 Å². The fourth-order valence-electron chi connectivity index (χ4n) is 3.23. The van der Waals surface area contributed by atoms with Crippen LogP contribution in [0.1, 0.15) is 27.4 Å². The summed E-state index contributed by atoms with van der Waals surface area (Å²) in [6.07, 6.45) is 2.57. The van der Waals surface area contributed by atoms with Crippen molar-refractivity contribution < 1.29 is 4.79 Å². The van der Waals surface area contributed by atoms with Gasteiger partial charge in [0.05, 0.1) is 0 Å². The largest absolute Gasteiger partial charge is 0.361 e. The second-order valence-corrected chi connectivity index (χ2v) is 6.66. The first-order chi connectivity index (χ1) is 13.5. The highest BCUT2D eigenvalue weighted by Crippen LogP contribution is 2.17. The lowest BCUT2D eigenvalue weighted by Gasteiger charge is -2.06. The van der Waals surface area contributed by atoms with Crippen LogP contribution < -0.4 is 10.9 Å². The minimum atomic E-state index is -0.383. The van der Waals surface area contributed by atoms with E-state index in [-0.39, 0.29) is 23.1 Å². The first kappa shape index (κ1) is 17.7. The van der Waals surface area contributed by atoms with E-state index in [4.69, 9.17) is 0 Å². The van der Waals surface area contributed by atoms with Crippen LogP contribution >= 0.6 is 0 Å². The summed E-state index contributed by atoms with van der Waals surface area (Å²) in [4.78, 5) is 36.4. The van der Waals surface area contributed by atoms with Gasteiger partial charge in [-0.3, -0.25) is 14.7 Å². The van der Waals surface area contributed by atoms with Gasteiger partial charge >= 0.3 is 0 Å². The van der Waals surface area contributed by atoms with Gasteiger partial charge in [-0.2, -0.15) is 4.68 Å². The Kier molecular flexibility index (Phi) is 4.52. The van der Waals surface area contributed by atoms with Crippen molar-refractivity contribution in [1.82, 2.24) is 30.0 Å². The Morgan fingerprint density at radius 3 is 2.71 bits per heavy atom. The number of aromatic nitrogens is 5. The molecule has 0 saturated heterocycles. The molecule has 0 radical (unpaired) electrons. The van der Waals surface area contributed by atoms with Crippen molar-refractivity contribution in [1.29, 1.82) is 0 Å². The molecule has 8 nitrogen and oxygen atoms in total. The summed E-state index contributed by atoms with van der Waals surface area (Å²) in [5.74, 6) is -0.126. The predicted octanol–water partition coefficient (Wildman–Crippen LogP) is 2.03. The number of amides is 1. The van der Waals surface area contributed by atoms with Crippen molar-refractivity contribution >= 4 is 16.8 Å². The molecule has 0 atom stereocenters. The summed E-state index contributed by atoms with van der Waals surface area (Å²) in [7, 11) is 0. The highest BCUT2D eigenvalue weighted by atomic mass is 16.2. The lowest BCUT2D eigenvalue weighted by atomic mass is 10.1. The Bertz CT molecular complexity index is 1200. The number of aryl methyl sites for hydroxylation is 2. The maximum absolute atomic E-state index is 12.4. The van der Waals surface area contributed by atoms with E-state index >= 15 is 0 Å². The van der Waals surface area contributed by atoms with Crippen LogP contribution in [-0.4, -0.2) is 37.2 Å². The molecule has 0 aliphatic heterocycles. The Morgan fingerprint density at radius 1 is 1.14 bits per heavy atom. The maximum atomic E-state index is 12.4. The number of hydrogen-bond donors (Lipinski definition) is 3. The SMILES string of the molecule is Cc1cc(C)nc(-n2[nH]c(C(=O)NCCc3cccc4cc[nH]c34)cc2=O)n1. The summed E-state index contributed by atoms with van der Waals surface area (Å²) in [5, 5.41) is 6.77. The first-order valence-corrected chi connectivity index (χ1v) is 8.99. The van der Waals surface area contributed by atoms with Crippen molar-refractivity contribution in [3.63, 3.8) is 0 Å². The second kappa shape index (κ2) is 7.15. The number of carbonyl (C=O) groups is 1. The number of benzene rings is 1. The van der Waals surface area contributed by atoms with Gasteiger partial charge < -0.3 is 10.3 Å². The normalized spacial score (nSPS) is 11.1. The molecular formula is C20H20N6O2. The number of H-pyrrole nitrogens is 2. The highest BCUT2D eigenvalue weighted by Gasteiger charge is 2.14. The minimum absolute atomic E-state index is 0.172. The van der Waals surface area contributed by atoms with E-state index in [1.807, 2.05) is 50.4 Å². The fraction of sp³-hybridized carbons (Fsp3) is 0.200. The van der Waals surface area contributed by atoms with Crippen LogP contribution in [0.5, 0.6) is 0 Å². The van der Waals surface area contributed by atoms with Gasteiger partial charge in [0.2, 0.25) is 0 Å². The van der Waals surface area contributed by atoms with Gasteiger partial charge in [-0.1, -0.05) is 18.2 Å². The van der Waals surface area contributed by atoms with E-state index in [9.17, 15) is 9.59 Å². The summed E-state index contributed by atoms with van der Waals surface area (Å²) in [5.41, 5.74) is 3.47. The van der Waals surface area contributed by atoms with Crippen LogP contribution in [0.25, 0.3) is 16.9 Å². The molecule has 1 aromatic carbocycles. The molecule has 3 N–H and O–H groups in total. The number of hydrogen-bond acceptors (Lipinski definition) is 4. The molecule has 0 bridgehead atoms. The molecule has 0 unspecified atom stereocenters. The number of fused-ring (bicyclic) bond motifs is 1. The maximum Gasteiger partial charge on any atom is 0.274 e. The lowest BCUT2D eigenvalue weighted by Crippen LogP contribution is -2.26. The van der Waals surface area contributed by atoms with Crippen molar-refractivity contribution in [2.75, 3.05) is 6.54 Å². The zero-order chi connectivity index (χ0) is 19.7. The number of rotatable bonds is 5. The number of para-hydroxylation sites is 1. The zero-order valence-electron chi connectivity index (χ0n) is 15.6. The van der Waals surface area contributed by atoms with Crippen LogP contribution in [0.3, 0.4) is 0 Å². The topological polar surface area (TPSA) is 108 Å². The van der Waals surface area contributed by atoms with Crippen LogP contribution in [0.2, 0.25) is 0 Å².